The van der Waals surface area contributed by atoms with E-state index in [1.807, 2.05) is 32.0 Å². The van der Waals surface area contributed by atoms with Crippen LogP contribution in [0, 0.1) is 13.8 Å². The molecule has 1 rings (SSSR count). The van der Waals surface area contributed by atoms with E-state index in [1.165, 1.54) is 4.90 Å². The van der Waals surface area contributed by atoms with Crippen molar-refractivity contribution in [3.63, 3.8) is 0 Å². The average molecular weight is 263 g/mol. The Morgan fingerprint density at radius 3 is 2.79 bits per heavy atom. The minimum atomic E-state index is -0.158. The average Bonchev–Trinajstić information content (AvgIpc) is 2.37. The van der Waals surface area contributed by atoms with Crippen LogP contribution in [-0.4, -0.2) is 42.2 Å². The first-order chi connectivity index (χ1) is 9.08. The Morgan fingerprint density at radius 2 is 2.21 bits per heavy atom. The molecule has 0 aliphatic carbocycles. The molecule has 0 spiro atoms. The lowest BCUT2D eigenvalue weighted by Crippen LogP contribution is -2.37. The van der Waals surface area contributed by atoms with Gasteiger partial charge in [-0.15, -0.1) is 6.58 Å². The quantitative estimate of drug-likeness (QED) is 0.762. The van der Waals surface area contributed by atoms with Gasteiger partial charge in [-0.25, -0.2) is 0 Å². The van der Waals surface area contributed by atoms with Gasteiger partial charge in [-0.3, -0.25) is 4.79 Å². The van der Waals surface area contributed by atoms with E-state index in [9.17, 15) is 4.79 Å². The number of aliphatic hydroxyl groups excluding tert-OH is 1. The van der Waals surface area contributed by atoms with E-state index in [4.69, 9.17) is 9.84 Å². The number of ether oxygens (including phenoxy) is 1. The molecule has 0 atom stereocenters. The highest BCUT2D eigenvalue weighted by Crippen LogP contribution is 2.18. The van der Waals surface area contributed by atoms with Gasteiger partial charge >= 0.3 is 0 Å². The number of nitrogens with zero attached hydrogens (tertiary/aromatic N) is 1. The molecule has 0 aliphatic rings. The standard InChI is InChI=1S/C15H21NO3/c1-4-7-16(8-9-17)15(18)11-19-14-6-5-12(2)10-13(14)3/h4-6,10,17H,1,7-9,11H2,2-3H3. The second kappa shape index (κ2) is 7.59. The van der Waals surface area contributed by atoms with Gasteiger partial charge in [-0.1, -0.05) is 23.8 Å². The second-order valence-electron chi connectivity index (χ2n) is 4.41. The number of carbonyl (C=O) groups is 1. The van der Waals surface area contributed by atoms with Gasteiger partial charge in [-0.2, -0.15) is 0 Å². The molecule has 0 aliphatic heterocycles. The largest absolute Gasteiger partial charge is 0.484 e. The first-order valence-electron chi connectivity index (χ1n) is 6.28. The summed E-state index contributed by atoms with van der Waals surface area (Å²) in [5, 5.41) is 8.90. The smallest absolute Gasteiger partial charge is 0.260 e. The maximum absolute atomic E-state index is 11.9. The van der Waals surface area contributed by atoms with E-state index >= 15 is 0 Å². The zero-order valence-electron chi connectivity index (χ0n) is 11.6. The van der Waals surface area contributed by atoms with E-state index < -0.39 is 0 Å². The summed E-state index contributed by atoms with van der Waals surface area (Å²) >= 11 is 0. The Kier molecular flexibility index (Phi) is 6.09. The molecule has 4 heteroatoms. The monoisotopic (exact) mass is 263 g/mol. The van der Waals surface area contributed by atoms with Crippen LogP contribution in [0.4, 0.5) is 0 Å². The van der Waals surface area contributed by atoms with Gasteiger partial charge in [0.2, 0.25) is 0 Å². The van der Waals surface area contributed by atoms with Crippen molar-refractivity contribution in [1.29, 1.82) is 0 Å². The van der Waals surface area contributed by atoms with Crippen molar-refractivity contribution in [3.8, 4) is 5.75 Å². The number of aliphatic hydroxyl groups is 1. The molecule has 0 bridgehead atoms. The Hall–Kier alpha value is -1.81. The summed E-state index contributed by atoms with van der Waals surface area (Å²) in [7, 11) is 0. The van der Waals surface area contributed by atoms with Gasteiger partial charge in [-0.05, 0) is 25.5 Å². The summed E-state index contributed by atoms with van der Waals surface area (Å²) in [6, 6.07) is 5.82. The molecule has 0 aromatic heterocycles. The fourth-order valence-corrected chi connectivity index (χ4v) is 1.79. The zero-order valence-corrected chi connectivity index (χ0v) is 11.6. The predicted molar refractivity (Wildman–Crippen MR) is 75.3 cm³/mol. The molecular formula is C15H21NO3. The van der Waals surface area contributed by atoms with Gasteiger partial charge in [0, 0.05) is 13.1 Å². The van der Waals surface area contributed by atoms with Gasteiger partial charge in [0.05, 0.1) is 6.61 Å². The topological polar surface area (TPSA) is 49.8 Å². The number of carbonyl (C=O) groups excluding carboxylic acids is 1. The van der Waals surface area contributed by atoms with Crippen molar-refractivity contribution < 1.29 is 14.6 Å². The minimum Gasteiger partial charge on any atom is -0.484 e. The number of amides is 1. The summed E-state index contributed by atoms with van der Waals surface area (Å²) in [5.41, 5.74) is 2.16. The SMILES string of the molecule is C=CCN(CCO)C(=O)COc1ccc(C)cc1C. The van der Waals surface area contributed by atoms with Crippen LogP contribution in [0.25, 0.3) is 0 Å². The molecule has 1 N–H and O–H groups in total. The number of benzene rings is 1. The highest BCUT2D eigenvalue weighted by Gasteiger charge is 2.12. The molecule has 0 radical (unpaired) electrons. The molecule has 0 fully saturated rings. The highest BCUT2D eigenvalue weighted by molar-refractivity contribution is 5.78. The van der Waals surface area contributed by atoms with Gasteiger partial charge < -0.3 is 14.7 Å². The minimum absolute atomic E-state index is 0.0300. The molecule has 1 amide bonds. The summed E-state index contributed by atoms with van der Waals surface area (Å²) in [5.74, 6) is 0.551. The normalized spacial score (nSPS) is 10.1. The molecule has 104 valence electrons. The van der Waals surface area contributed by atoms with E-state index in [2.05, 4.69) is 6.58 Å². The van der Waals surface area contributed by atoms with Crippen molar-refractivity contribution in [3.05, 3.63) is 42.0 Å². The number of rotatable bonds is 7. The van der Waals surface area contributed by atoms with Crippen LogP contribution in [0.5, 0.6) is 5.75 Å². The van der Waals surface area contributed by atoms with Crippen LogP contribution in [0.15, 0.2) is 30.9 Å². The molecule has 0 heterocycles. The lowest BCUT2D eigenvalue weighted by atomic mass is 10.1. The van der Waals surface area contributed by atoms with Gasteiger partial charge in [0.15, 0.2) is 6.61 Å². The third-order valence-electron chi connectivity index (χ3n) is 2.75. The van der Waals surface area contributed by atoms with Crippen LogP contribution in [-0.2, 0) is 4.79 Å². The molecule has 4 nitrogen and oxygen atoms in total. The lowest BCUT2D eigenvalue weighted by Gasteiger charge is -2.20. The summed E-state index contributed by atoms with van der Waals surface area (Å²) in [6.07, 6.45) is 1.63. The Bertz CT molecular complexity index is 443. The van der Waals surface area contributed by atoms with Crippen molar-refractivity contribution in [1.82, 2.24) is 4.90 Å². The maximum Gasteiger partial charge on any atom is 0.260 e. The van der Waals surface area contributed by atoms with E-state index in [-0.39, 0.29) is 19.1 Å². The third kappa shape index (κ3) is 4.75. The van der Waals surface area contributed by atoms with Crippen LogP contribution in [0.2, 0.25) is 0 Å². The first-order valence-corrected chi connectivity index (χ1v) is 6.28. The van der Waals surface area contributed by atoms with Gasteiger partial charge in [0.1, 0.15) is 5.75 Å². The van der Waals surface area contributed by atoms with Crippen molar-refractivity contribution >= 4 is 5.91 Å². The number of hydrogen-bond donors (Lipinski definition) is 1. The van der Waals surface area contributed by atoms with Crippen molar-refractivity contribution in [2.75, 3.05) is 26.3 Å². The fourth-order valence-electron chi connectivity index (χ4n) is 1.79. The molecule has 19 heavy (non-hydrogen) atoms. The fraction of sp³-hybridized carbons (Fsp3) is 0.400. The van der Waals surface area contributed by atoms with Crippen LogP contribution in [0.1, 0.15) is 11.1 Å². The molecule has 0 saturated heterocycles. The third-order valence-corrected chi connectivity index (χ3v) is 2.75. The van der Waals surface area contributed by atoms with E-state index in [1.54, 1.807) is 6.08 Å². The van der Waals surface area contributed by atoms with Crippen molar-refractivity contribution in [2.24, 2.45) is 0 Å². The lowest BCUT2D eigenvalue weighted by molar-refractivity contribution is -0.133. The summed E-state index contributed by atoms with van der Waals surface area (Å²) in [6.45, 7) is 8.16. The second-order valence-corrected chi connectivity index (χ2v) is 4.41. The Morgan fingerprint density at radius 1 is 1.47 bits per heavy atom. The van der Waals surface area contributed by atoms with Crippen LogP contribution >= 0.6 is 0 Å². The Labute approximate surface area is 114 Å². The molecule has 1 aromatic carbocycles. The van der Waals surface area contributed by atoms with Crippen molar-refractivity contribution in [2.45, 2.75) is 13.8 Å². The molecular weight excluding hydrogens is 242 g/mol. The maximum atomic E-state index is 11.9. The zero-order chi connectivity index (χ0) is 14.3. The predicted octanol–water partition coefficient (Wildman–Crippen LogP) is 1.69. The van der Waals surface area contributed by atoms with Crippen LogP contribution < -0.4 is 4.74 Å². The van der Waals surface area contributed by atoms with E-state index in [0.717, 1.165) is 11.1 Å². The molecule has 1 aromatic rings. The Balaban J connectivity index is 2.59. The highest BCUT2D eigenvalue weighted by atomic mass is 16.5. The molecule has 0 unspecified atom stereocenters. The summed E-state index contributed by atoms with van der Waals surface area (Å²) < 4.78 is 5.52. The van der Waals surface area contributed by atoms with E-state index in [0.29, 0.717) is 18.8 Å². The molecule has 0 saturated carbocycles. The van der Waals surface area contributed by atoms with Crippen LogP contribution in [0.3, 0.4) is 0 Å². The van der Waals surface area contributed by atoms with Gasteiger partial charge in [0.25, 0.3) is 5.91 Å². The number of hydrogen-bond acceptors (Lipinski definition) is 3. The number of aryl methyl sites for hydroxylation is 2. The summed E-state index contributed by atoms with van der Waals surface area (Å²) in [4.78, 5) is 13.4. The first kappa shape index (κ1) is 15.2.